The van der Waals surface area contributed by atoms with Crippen LogP contribution in [0.25, 0.3) is 0 Å². The minimum absolute atomic E-state index is 0.0941. The number of hydrogen-bond acceptors (Lipinski definition) is 4. The van der Waals surface area contributed by atoms with Crippen LogP contribution in [0.1, 0.15) is 28.3 Å². The van der Waals surface area contributed by atoms with E-state index in [1.165, 1.54) is 12.1 Å². The maximum absolute atomic E-state index is 13.5. The number of halogens is 3. The van der Waals surface area contributed by atoms with Crippen molar-refractivity contribution in [3.8, 4) is 0 Å². The average Bonchev–Trinajstić information content (AvgIpc) is 2.77. The van der Waals surface area contributed by atoms with Crippen LogP contribution in [0, 0.1) is 5.82 Å². The third kappa shape index (κ3) is 6.46. The van der Waals surface area contributed by atoms with Crippen LogP contribution in [-0.2, 0) is 4.74 Å². The lowest BCUT2D eigenvalue weighted by atomic mass is 9.93. The Bertz CT molecular complexity index is 927. The number of benzene rings is 2. The van der Waals surface area contributed by atoms with Gasteiger partial charge in [-0.05, 0) is 48.9 Å². The highest BCUT2D eigenvalue weighted by molar-refractivity contribution is 6.35. The Morgan fingerprint density at radius 2 is 1.76 bits per heavy atom. The lowest BCUT2D eigenvalue weighted by Crippen LogP contribution is -2.61. The fraction of sp³-hybridized carbons (Fsp3) is 0.480. The van der Waals surface area contributed by atoms with E-state index in [0.29, 0.717) is 28.2 Å². The summed E-state index contributed by atoms with van der Waals surface area (Å²) in [6.45, 7) is 7.25. The number of likely N-dealkylation sites (tertiary alicyclic amines) is 1. The summed E-state index contributed by atoms with van der Waals surface area (Å²) >= 11 is 12.2. The highest BCUT2D eigenvalue weighted by Gasteiger charge is 2.32. The number of rotatable bonds is 8. The van der Waals surface area contributed by atoms with E-state index in [1.54, 1.807) is 30.1 Å². The molecular formula is C25H30Cl2FN3O2. The highest BCUT2D eigenvalue weighted by atomic mass is 35.5. The standard InChI is InChI=1S/C25H30Cl2FN3O2/c1-29(25(32)20-12-21(26)14-22(27)13-20)15-19(18-2-4-23(28)5-3-18)6-7-30-16-24(17-30)31-8-10-33-11-9-31/h2-5,12-14,19,24H,6-11,15-17H2,1H3. The van der Waals surface area contributed by atoms with E-state index in [9.17, 15) is 9.18 Å². The normalized spacial score (nSPS) is 18.7. The first-order chi connectivity index (χ1) is 15.9. The third-order valence-electron chi connectivity index (χ3n) is 6.59. The zero-order valence-electron chi connectivity index (χ0n) is 18.9. The SMILES string of the molecule is CN(CC(CCN1CC(N2CCOCC2)C1)c1ccc(F)cc1)C(=O)c1cc(Cl)cc(Cl)c1. The lowest BCUT2D eigenvalue weighted by Gasteiger charge is -2.47. The van der Waals surface area contributed by atoms with Gasteiger partial charge in [0.1, 0.15) is 5.82 Å². The van der Waals surface area contributed by atoms with Gasteiger partial charge < -0.3 is 14.5 Å². The number of carbonyl (C=O) groups excluding carboxylic acids is 1. The molecule has 0 spiro atoms. The maximum atomic E-state index is 13.5. The first kappa shape index (κ1) is 24.4. The minimum atomic E-state index is -0.258. The zero-order valence-corrected chi connectivity index (χ0v) is 20.4. The van der Waals surface area contributed by atoms with Crippen molar-refractivity contribution in [3.05, 3.63) is 69.5 Å². The number of morpholine rings is 1. The van der Waals surface area contributed by atoms with E-state index in [2.05, 4.69) is 9.80 Å². The van der Waals surface area contributed by atoms with Gasteiger partial charge >= 0.3 is 0 Å². The molecule has 1 unspecified atom stereocenters. The van der Waals surface area contributed by atoms with Crippen LogP contribution < -0.4 is 0 Å². The molecule has 8 heteroatoms. The first-order valence-electron chi connectivity index (χ1n) is 11.4. The summed E-state index contributed by atoms with van der Waals surface area (Å²) in [7, 11) is 1.78. The van der Waals surface area contributed by atoms with Crippen LogP contribution in [0.5, 0.6) is 0 Å². The Labute approximate surface area is 205 Å². The molecule has 1 amide bonds. The summed E-state index contributed by atoms with van der Waals surface area (Å²) in [6, 6.07) is 12.1. The number of likely N-dealkylation sites (N-methyl/N-ethyl adjacent to an activating group) is 1. The van der Waals surface area contributed by atoms with Gasteiger partial charge in [0.25, 0.3) is 5.91 Å². The topological polar surface area (TPSA) is 36.0 Å². The molecule has 2 saturated heterocycles. The number of nitrogens with zero attached hydrogens (tertiary/aromatic N) is 3. The van der Waals surface area contributed by atoms with Crippen LogP contribution in [0.3, 0.4) is 0 Å². The van der Waals surface area contributed by atoms with E-state index < -0.39 is 0 Å². The molecule has 2 fully saturated rings. The van der Waals surface area contributed by atoms with Crippen molar-refractivity contribution >= 4 is 29.1 Å². The molecule has 0 aliphatic carbocycles. The van der Waals surface area contributed by atoms with Crippen LogP contribution in [0.15, 0.2) is 42.5 Å². The molecule has 4 rings (SSSR count). The van der Waals surface area contributed by atoms with Gasteiger partial charge in [0, 0.05) is 67.3 Å². The largest absolute Gasteiger partial charge is 0.379 e. The van der Waals surface area contributed by atoms with Gasteiger partial charge in [-0.25, -0.2) is 4.39 Å². The molecule has 33 heavy (non-hydrogen) atoms. The summed E-state index contributed by atoms with van der Waals surface area (Å²) < 4.78 is 19.0. The molecule has 0 bridgehead atoms. The fourth-order valence-corrected chi connectivity index (χ4v) is 5.17. The Balaban J connectivity index is 1.37. The maximum Gasteiger partial charge on any atom is 0.253 e. The first-order valence-corrected chi connectivity index (χ1v) is 12.2. The van der Waals surface area contributed by atoms with Gasteiger partial charge in [0.05, 0.1) is 13.2 Å². The van der Waals surface area contributed by atoms with E-state index >= 15 is 0 Å². The minimum Gasteiger partial charge on any atom is -0.379 e. The van der Waals surface area contributed by atoms with Crippen LogP contribution in [-0.4, -0.2) is 86.2 Å². The second-order valence-corrected chi connectivity index (χ2v) is 9.82. The number of hydrogen-bond donors (Lipinski definition) is 0. The van der Waals surface area contributed by atoms with Crippen molar-refractivity contribution in [3.63, 3.8) is 0 Å². The average molecular weight is 494 g/mol. The van der Waals surface area contributed by atoms with Crippen molar-refractivity contribution in [1.29, 1.82) is 0 Å². The van der Waals surface area contributed by atoms with Gasteiger partial charge in [0.15, 0.2) is 0 Å². The molecular weight excluding hydrogens is 464 g/mol. The number of amides is 1. The molecule has 2 aromatic carbocycles. The molecule has 5 nitrogen and oxygen atoms in total. The van der Waals surface area contributed by atoms with Crippen LogP contribution >= 0.6 is 23.2 Å². The molecule has 2 heterocycles. The van der Waals surface area contributed by atoms with Gasteiger partial charge in [-0.2, -0.15) is 0 Å². The van der Waals surface area contributed by atoms with Crippen molar-refractivity contribution in [2.75, 3.05) is 59.5 Å². The van der Waals surface area contributed by atoms with Crippen molar-refractivity contribution in [1.82, 2.24) is 14.7 Å². The number of ether oxygens (including phenoxy) is 1. The summed E-state index contributed by atoms with van der Waals surface area (Å²) in [5.41, 5.74) is 1.49. The number of carbonyl (C=O) groups is 1. The monoisotopic (exact) mass is 493 g/mol. The van der Waals surface area contributed by atoms with E-state index in [4.69, 9.17) is 27.9 Å². The van der Waals surface area contributed by atoms with Crippen molar-refractivity contribution in [2.24, 2.45) is 0 Å². The summed E-state index contributed by atoms with van der Waals surface area (Å²) in [5, 5.41) is 0.865. The predicted octanol–water partition coefficient (Wildman–Crippen LogP) is 4.39. The van der Waals surface area contributed by atoms with Gasteiger partial charge in [-0.15, -0.1) is 0 Å². The second-order valence-electron chi connectivity index (χ2n) is 8.94. The lowest BCUT2D eigenvalue weighted by molar-refractivity contribution is -0.0326. The Morgan fingerprint density at radius 3 is 2.39 bits per heavy atom. The fourth-order valence-electron chi connectivity index (χ4n) is 4.65. The summed E-state index contributed by atoms with van der Waals surface area (Å²) in [4.78, 5) is 19.7. The molecule has 0 saturated carbocycles. The van der Waals surface area contributed by atoms with E-state index in [1.807, 2.05) is 12.1 Å². The Kier molecular flexibility index (Phi) is 8.25. The molecule has 2 aromatic rings. The zero-order chi connectivity index (χ0) is 23.4. The smallest absolute Gasteiger partial charge is 0.253 e. The Hall–Kier alpha value is -1.70. The third-order valence-corrected chi connectivity index (χ3v) is 7.02. The predicted molar refractivity (Wildman–Crippen MR) is 130 cm³/mol. The highest BCUT2D eigenvalue weighted by Crippen LogP contribution is 2.26. The molecule has 0 aromatic heterocycles. The molecule has 1 atom stereocenters. The molecule has 0 radical (unpaired) electrons. The summed E-state index contributed by atoms with van der Waals surface area (Å²) in [6.07, 6.45) is 0.884. The molecule has 2 aliphatic rings. The molecule has 178 valence electrons. The van der Waals surface area contributed by atoms with Gasteiger partial charge in [0.2, 0.25) is 0 Å². The van der Waals surface area contributed by atoms with Gasteiger partial charge in [-0.3, -0.25) is 9.69 Å². The van der Waals surface area contributed by atoms with Crippen LogP contribution in [0.4, 0.5) is 4.39 Å². The van der Waals surface area contributed by atoms with E-state index in [0.717, 1.165) is 57.9 Å². The van der Waals surface area contributed by atoms with Crippen molar-refractivity contribution in [2.45, 2.75) is 18.4 Å². The molecule has 2 aliphatic heterocycles. The quantitative estimate of drug-likeness (QED) is 0.546. The van der Waals surface area contributed by atoms with E-state index in [-0.39, 0.29) is 17.6 Å². The van der Waals surface area contributed by atoms with Crippen molar-refractivity contribution < 1.29 is 13.9 Å². The van der Waals surface area contributed by atoms with Crippen LogP contribution in [0.2, 0.25) is 10.0 Å². The summed E-state index contributed by atoms with van der Waals surface area (Å²) in [5.74, 6) is -0.300. The molecule has 0 N–H and O–H groups in total. The second kappa shape index (κ2) is 11.2. The van der Waals surface area contributed by atoms with Gasteiger partial charge in [-0.1, -0.05) is 35.3 Å². The Morgan fingerprint density at radius 1 is 1.12 bits per heavy atom.